The highest BCUT2D eigenvalue weighted by Gasteiger charge is 2.30. The van der Waals surface area contributed by atoms with Gasteiger partial charge >= 0.3 is 5.97 Å². The molecule has 0 spiro atoms. The van der Waals surface area contributed by atoms with Crippen molar-refractivity contribution >= 4 is 50.5 Å². The Morgan fingerprint density at radius 1 is 1.30 bits per heavy atom. The van der Waals surface area contributed by atoms with E-state index in [1.807, 2.05) is 0 Å². The maximum absolute atomic E-state index is 12.2. The van der Waals surface area contributed by atoms with Crippen LogP contribution in [0.15, 0.2) is 11.0 Å². The molecular weight excluding hydrogens is 345 g/mol. The van der Waals surface area contributed by atoms with Gasteiger partial charge < -0.3 is 5.11 Å². The summed E-state index contributed by atoms with van der Waals surface area (Å²) in [4.78, 5) is 10.8. The summed E-state index contributed by atoms with van der Waals surface area (Å²) in [5, 5.41) is 8.90. The van der Waals surface area contributed by atoms with Crippen LogP contribution in [0, 0.1) is 5.92 Å². The molecule has 1 saturated carbocycles. The minimum Gasteiger partial charge on any atom is -0.481 e. The number of carbonyl (C=O) groups is 1. The molecule has 0 atom stereocenters. The SMILES string of the molecule is O=C(O)C1CCC(NS(=O)(=O)c2cc(Cl)sc2Cl)CC1. The summed E-state index contributed by atoms with van der Waals surface area (Å²) < 4.78 is 27.4. The van der Waals surface area contributed by atoms with E-state index < -0.39 is 16.0 Å². The molecule has 9 heteroatoms. The fourth-order valence-electron chi connectivity index (χ4n) is 2.25. The number of rotatable bonds is 4. The van der Waals surface area contributed by atoms with Crippen molar-refractivity contribution in [2.75, 3.05) is 0 Å². The van der Waals surface area contributed by atoms with Gasteiger partial charge in [-0.05, 0) is 31.7 Å². The van der Waals surface area contributed by atoms with E-state index in [9.17, 15) is 13.2 Å². The van der Waals surface area contributed by atoms with Crippen molar-refractivity contribution in [3.05, 3.63) is 14.7 Å². The minimum absolute atomic E-state index is 0.0190. The molecule has 1 aromatic rings. The monoisotopic (exact) mass is 357 g/mol. The third-order valence-electron chi connectivity index (χ3n) is 3.31. The first-order valence-electron chi connectivity index (χ1n) is 5.99. The predicted octanol–water partition coefficient (Wildman–Crippen LogP) is 2.98. The molecule has 2 N–H and O–H groups in total. The molecule has 0 saturated heterocycles. The van der Waals surface area contributed by atoms with Crippen molar-refractivity contribution in [2.45, 2.75) is 36.6 Å². The van der Waals surface area contributed by atoms with Gasteiger partial charge in [-0.3, -0.25) is 4.79 Å². The zero-order chi connectivity index (χ0) is 14.9. The number of hydrogen-bond donors (Lipinski definition) is 2. The van der Waals surface area contributed by atoms with Crippen LogP contribution in [0.3, 0.4) is 0 Å². The van der Waals surface area contributed by atoms with Crippen LogP contribution in [0.5, 0.6) is 0 Å². The lowest BCUT2D eigenvalue weighted by molar-refractivity contribution is -0.142. The number of sulfonamides is 1. The Morgan fingerprint density at radius 3 is 2.35 bits per heavy atom. The van der Waals surface area contributed by atoms with E-state index >= 15 is 0 Å². The van der Waals surface area contributed by atoms with Crippen molar-refractivity contribution in [3.63, 3.8) is 0 Å². The summed E-state index contributed by atoms with van der Waals surface area (Å²) in [6.07, 6.45) is 1.96. The molecule has 112 valence electrons. The van der Waals surface area contributed by atoms with E-state index in [1.165, 1.54) is 6.07 Å². The zero-order valence-corrected chi connectivity index (χ0v) is 13.4. The summed E-state index contributed by atoms with van der Waals surface area (Å²) in [6, 6.07) is 1.06. The van der Waals surface area contributed by atoms with E-state index in [0.29, 0.717) is 30.0 Å². The van der Waals surface area contributed by atoms with Gasteiger partial charge in [0.25, 0.3) is 0 Å². The van der Waals surface area contributed by atoms with Crippen LogP contribution in [0.25, 0.3) is 0 Å². The van der Waals surface area contributed by atoms with Gasteiger partial charge in [0.2, 0.25) is 10.0 Å². The average molecular weight is 358 g/mol. The Hall–Kier alpha value is -0.340. The molecule has 0 amide bonds. The van der Waals surface area contributed by atoms with Crippen LogP contribution in [-0.4, -0.2) is 25.5 Å². The number of nitrogens with one attached hydrogen (secondary N) is 1. The fraction of sp³-hybridized carbons (Fsp3) is 0.545. The standard InChI is InChI=1S/C11H13Cl2NO4S2/c12-9-5-8(10(13)19-9)20(17,18)14-7-3-1-6(2-4-7)11(15)16/h5-7,14H,1-4H2,(H,15,16). The van der Waals surface area contributed by atoms with Gasteiger partial charge in [0, 0.05) is 6.04 Å². The molecule has 0 aliphatic heterocycles. The molecule has 0 aromatic carbocycles. The van der Waals surface area contributed by atoms with Gasteiger partial charge in [-0.1, -0.05) is 23.2 Å². The summed E-state index contributed by atoms with van der Waals surface area (Å²) in [5.41, 5.74) is 0. The predicted molar refractivity (Wildman–Crippen MR) is 78.0 cm³/mol. The van der Waals surface area contributed by atoms with Crippen molar-refractivity contribution in [1.29, 1.82) is 0 Å². The second-order valence-corrected chi connectivity index (χ2v) is 8.66. The third-order valence-corrected chi connectivity index (χ3v) is 6.59. The fourth-order valence-corrected chi connectivity index (χ4v) is 5.70. The van der Waals surface area contributed by atoms with Gasteiger partial charge in [-0.25, -0.2) is 13.1 Å². The highest BCUT2D eigenvalue weighted by atomic mass is 35.5. The lowest BCUT2D eigenvalue weighted by Gasteiger charge is -2.26. The molecule has 1 heterocycles. The molecule has 20 heavy (non-hydrogen) atoms. The molecule has 5 nitrogen and oxygen atoms in total. The molecule has 0 bridgehead atoms. The van der Waals surface area contributed by atoms with E-state index in [4.69, 9.17) is 28.3 Å². The van der Waals surface area contributed by atoms with Crippen LogP contribution in [0.4, 0.5) is 0 Å². The third kappa shape index (κ3) is 3.65. The van der Waals surface area contributed by atoms with Crippen LogP contribution in [-0.2, 0) is 14.8 Å². The Kier molecular flexibility index (Phi) is 4.96. The smallest absolute Gasteiger partial charge is 0.306 e. The van der Waals surface area contributed by atoms with E-state index in [-0.39, 0.29) is 21.2 Å². The first-order valence-corrected chi connectivity index (χ1v) is 9.05. The summed E-state index contributed by atoms with van der Waals surface area (Å²) in [7, 11) is -3.71. The van der Waals surface area contributed by atoms with Gasteiger partial charge in [0.15, 0.2) is 0 Å². The van der Waals surface area contributed by atoms with E-state index in [1.54, 1.807) is 0 Å². The molecular formula is C11H13Cl2NO4S2. The van der Waals surface area contributed by atoms with Crippen LogP contribution in [0.1, 0.15) is 25.7 Å². The number of thiophene rings is 1. The highest BCUT2D eigenvalue weighted by molar-refractivity contribution is 7.89. The second-order valence-electron chi connectivity index (χ2n) is 4.70. The van der Waals surface area contributed by atoms with Gasteiger partial charge in [0.1, 0.15) is 9.23 Å². The van der Waals surface area contributed by atoms with Crippen LogP contribution >= 0.6 is 34.5 Å². The number of carboxylic acid groups (broad SMARTS) is 1. The molecule has 1 aliphatic carbocycles. The zero-order valence-electron chi connectivity index (χ0n) is 10.3. The van der Waals surface area contributed by atoms with Crippen molar-refractivity contribution in [2.24, 2.45) is 5.92 Å². The Labute approximate surface area is 130 Å². The number of hydrogen-bond acceptors (Lipinski definition) is 4. The molecule has 0 radical (unpaired) electrons. The first-order chi connectivity index (χ1) is 9.29. The lowest BCUT2D eigenvalue weighted by atomic mass is 9.87. The van der Waals surface area contributed by atoms with E-state index in [0.717, 1.165) is 11.3 Å². The maximum atomic E-state index is 12.2. The molecule has 1 aliphatic rings. The minimum atomic E-state index is -3.71. The Morgan fingerprint density at radius 2 is 1.90 bits per heavy atom. The van der Waals surface area contributed by atoms with Crippen molar-refractivity contribution in [1.82, 2.24) is 4.72 Å². The number of aliphatic carboxylic acids is 1. The summed E-state index contributed by atoms with van der Waals surface area (Å²) in [6.45, 7) is 0. The number of carboxylic acids is 1. The topological polar surface area (TPSA) is 83.5 Å². The van der Waals surface area contributed by atoms with Gasteiger partial charge in [-0.2, -0.15) is 0 Å². The Balaban J connectivity index is 2.03. The average Bonchev–Trinajstić information content (AvgIpc) is 2.69. The molecule has 0 unspecified atom stereocenters. The lowest BCUT2D eigenvalue weighted by Crippen LogP contribution is -2.38. The van der Waals surface area contributed by atoms with Gasteiger partial charge in [-0.15, -0.1) is 11.3 Å². The molecule has 1 aromatic heterocycles. The summed E-state index contributed by atoms with van der Waals surface area (Å²) in [5.74, 6) is -1.20. The second kappa shape index (κ2) is 6.19. The van der Waals surface area contributed by atoms with Gasteiger partial charge in [0.05, 0.1) is 10.3 Å². The molecule has 2 rings (SSSR count). The van der Waals surface area contributed by atoms with Crippen LogP contribution < -0.4 is 4.72 Å². The first kappa shape index (κ1) is 16.0. The maximum Gasteiger partial charge on any atom is 0.306 e. The van der Waals surface area contributed by atoms with Crippen LogP contribution in [0.2, 0.25) is 8.67 Å². The quantitative estimate of drug-likeness (QED) is 0.867. The number of halogens is 2. The van der Waals surface area contributed by atoms with E-state index in [2.05, 4.69) is 4.72 Å². The van der Waals surface area contributed by atoms with Crippen molar-refractivity contribution < 1.29 is 18.3 Å². The normalized spacial score (nSPS) is 23.7. The largest absolute Gasteiger partial charge is 0.481 e. The van der Waals surface area contributed by atoms with Crippen molar-refractivity contribution in [3.8, 4) is 0 Å². The Bertz CT molecular complexity index is 606. The highest BCUT2D eigenvalue weighted by Crippen LogP contribution is 2.35. The summed E-state index contributed by atoms with van der Waals surface area (Å²) >= 11 is 12.6. The molecule has 1 fully saturated rings.